The number of aromatic hydroxyl groups is 1. The summed E-state index contributed by atoms with van der Waals surface area (Å²) in [5, 5.41) is 14.8. The van der Waals surface area contributed by atoms with E-state index in [2.05, 4.69) is 30.4 Å². The molecule has 0 radical (unpaired) electrons. The van der Waals surface area contributed by atoms with E-state index >= 15 is 0 Å². The largest absolute Gasteiger partial charge is 0.507 e. The highest BCUT2D eigenvalue weighted by Gasteiger charge is 2.27. The Morgan fingerprint density at radius 2 is 2.04 bits per heavy atom. The first-order chi connectivity index (χ1) is 12.2. The Morgan fingerprint density at radius 1 is 1.20 bits per heavy atom. The van der Waals surface area contributed by atoms with Crippen LogP contribution in [0.4, 0.5) is 0 Å². The summed E-state index contributed by atoms with van der Waals surface area (Å²) in [5.41, 5.74) is 9.54. The van der Waals surface area contributed by atoms with Gasteiger partial charge in [0.25, 0.3) is 0 Å². The Bertz CT molecular complexity index is 925. The van der Waals surface area contributed by atoms with Crippen molar-refractivity contribution in [2.45, 2.75) is 19.4 Å². The molecule has 2 unspecified atom stereocenters. The number of aryl methyl sites for hydroxylation is 1. The quantitative estimate of drug-likeness (QED) is 0.686. The molecule has 0 aliphatic carbocycles. The molecule has 4 rings (SSSR count). The summed E-state index contributed by atoms with van der Waals surface area (Å²) >= 11 is 0. The van der Waals surface area contributed by atoms with Crippen LogP contribution in [0.3, 0.4) is 0 Å². The van der Waals surface area contributed by atoms with Gasteiger partial charge in [-0.1, -0.05) is 24.3 Å². The number of phenolic OH excluding ortho intramolecular Hbond substituents is 1. The lowest BCUT2D eigenvalue weighted by Gasteiger charge is -2.15. The summed E-state index contributed by atoms with van der Waals surface area (Å²) in [5.74, 6) is 1.22. The minimum atomic E-state index is 0.159. The fraction of sp³-hybridized carbons (Fsp3) is 0.300. The average molecular weight is 334 g/mol. The first-order valence-electron chi connectivity index (χ1n) is 8.66. The molecule has 1 aliphatic heterocycles. The molecule has 1 saturated heterocycles. The van der Waals surface area contributed by atoms with Crippen LogP contribution in [0.25, 0.3) is 22.3 Å². The Kier molecular flexibility index (Phi) is 4.11. The number of hydrogen-bond donors (Lipinski definition) is 3. The van der Waals surface area contributed by atoms with Crippen molar-refractivity contribution in [3.8, 4) is 17.1 Å². The second-order valence-electron chi connectivity index (χ2n) is 6.77. The summed E-state index contributed by atoms with van der Waals surface area (Å²) in [4.78, 5) is 9.55. The smallest absolute Gasteiger partial charge is 0.163 e. The SMILES string of the molecule is Cc1ccc2c(C3CC(CN)CN3)nc(-c3ccccc3O)nc2c1. The van der Waals surface area contributed by atoms with E-state index < -0.39 is 0 Å². The van der Waals surface area contributed by atoms with Gasteiger partial charge in [0, 0.05) is 5.39 Å². The number of fused-ring (bicyclic) bond motifs is 1. The maximum atomic E-state index is 10.2. The monoisotopic (exact) mass is 334 g/mol. The summed E-state index contributed by atoms with van der Waals surface area (Å²) in [6.45, 7) is 3.64. The molecule has 5 nitrogen and oxygen atoms in total. The Hall–Kier alpha value is -2.50. The lowest BCUT2D eigenvalue weighted by Crippen LogP contribution is -2.18. The molecule has 2 aromatic carbocycles. The van der Waals surface area contributed by atoms with Crippen LogP contribution in [-0.2, 0) is 0 Å². The van der Waals surface area contributed by atoms with Gasteiger partial charge in [-0.25, -0.2) is 9.97 Å². The van der Waals surface area contributed by atoms with Gasteiger partial charge < -0.3 is 16.2 Å². The molecule has 1 fully saturated rings. The van der Waals surface area contributed by atoms with Crippen molar-refractivity contribution in [3.05, 3.63) is 53.7 Å². The van der Waals surface area contributed by atoms with Crippen molar-refractivity contribution >= 4 is 10.9 Å². The molecule has 4 N–H and O–H groups in total. The molecule has 128 valence electrons. The number of hydrogen-bond acceptors (Lipinski definition) is 5. The zero-order chi connectivity index (χ0) is 17.4. The fourth-order valence-electron chi connectivity index (χ4n) is 3.51. The zero-order valence-electron chi connectivity index (χ0n) is 14.2. The van der Waals surface area contributed by atoms with Crippen molar-refractivity contribution in [2.24, 2.45) is 11.7 Å². The molecule has 0 spiro atoms. The first kappa shape index (κ1) is 16.0. The third-order valence-electron chi connectivity index (χ3n) is 4.91. The molecular formula is C20H22N4O. The van der Waals surface area contributed by atoms with Crippen LogP contribution < -0.4 is 11.1 Å². The van der Waals surface area contributed by atoms with Gasteiger partial charge in [-0.2, -0.15) is 0 Å². The van der Waals surface area contributed by atoms with Crippen molar-refractivity contribution in [2.75, 3.05) is 13.1 Å². The highest BCUT2D eigenvalue weighted by molar-refractivity contribution is 5.84. The van der Waals surface area contributed by atoms with Gasteiger partial charge in [0.15, 0.2) is 5.82 Å². The van der Waals surface area contributed by atoms with Crippen LogP contribution in [-0.4, -0.2) is 28.2 Å². The van der Waals surface area contributed by atoms with E-state index in [1.54, 1.807) is 12.1 Å². The number of para-hydroxylation sites is 1. The van der Waals surface area contributed by atoms with Gasteiger partial charge in [0.1, 0.15) is 5.75 Å². The number of rotatable bonds is 3. The standard InChI is InChI=1S/C20H22N4O/c1-12-6-7-14-16(8-12)23-20(15-4-2-3-5-18(15)25)24-19(14)17-9-13(10-21)11-22-17/h2-8,13,17,22,25H,9-11,21H2,1H3. The Labute approximate surface area is 146 Å². The summed E-state index contributed by atoms with van der Waals surface area (Å²) in [7, 11) is 0. The van der Waals surface area contributed by atoms with Crippen LogP contribution >= 0.6 is 0 Å². The molecule has 0 bridgehead atoms. The molecule has 1 aromatic heterocycles. The third-order valence-corrected chi connectivity index (χ3v) is 4.91. The molecule has 1 aliphatic rings. The summed E-state index contributed by atoms with van der Waals surface area (Å²) in [6, 6.07) is 13.6. The first-order valence-corrected chi connectivity index (χ1v) is 8.66. The number of aromatic nitrogens is 2. The number of nitrogens with zero attached hydrogens (tertiary/aromatic N) is 2. The number of phenols is 1. The van der Waals surface area contributed by atoms with E-state index in [-0.39, 0.29) is 11.8 Å². The van der Waals surface area contributed by atoms with E-state index in [1.807, 2.05) is 12.1 Å². The maximum Gasteiger partial charge on any atom is 0.163 e. The van der Waals surface area contributed by atoms with Gasteiger partial charge in [-0.15, -0.1) is 0 Å². The maximum absolute atomic E-state index is 10.2. The lowest BCUT2D eigenvalue weighted by atomic mass is 10.00. The minimum Gasteiger partial charge on any atom is -0.507 e. The molecule has 5 heteroatoms. The van der Waals surface area contributed by atoms with Crippen molar-refractivity contribution in [3.63, 3.8) is 0 Å². The van der Waals surface area contributed by atoms with Gasteiger partial charge in [0.2, 0.25) is 0 Å². The van der Waals surface area contributed by atoms with Crippen LogP contribution in [0.2, 0.25) is 0 Å². The highest BCUT2D eigenvalue weighted by Crippen LogP contribution is 2.34. The van der Waals surface area contributed by atoms with Crippen LogP contribution in [0.5, 0.6) is 5.75 Å². The van der Waals surface area contributed by atoms with Gasteiger partial charge in [-0.3, -0.25) is 0 Å². The fourth-order valence-corrected chi connectivity index (χ4v) is 3.51. The summed E-state index contributed by atoms with van der Waals surface area (Å²) < 4.78 is 0. The van der Waals surface area contributed by atoms with E-state index in [0.29, 0.717) is 23.9 Å². The molecular weight excluding hydrogens is 312 g/mol. The zero-order valence-corrected chi connectivity index (χ0v) is 14.2. The van der Waals surface area contributed by atoms with Crippen molar-refractivity contribution in [1.29, 1.82) is 0 Å². The van der Waals surface area contributed by atoms with Crippen LogP contribution in [0.1, 0.15) is 23.7 Å². The number of nitrogens with one attached hydrogen (secondary N) is 1. The Morgan fingerprint density at radius 3 is 2.80 bits per heavy atom. The lowest BCUT2D eigenvalue weighted by molar-refractivity contribution is 0.477. The van der Waals surface area contributed by atoms with Crippen molar-refractivity contribution < 1.29 is 5.11 Å². The topological polar surface area (TPSA) is 84.1 Å². The second-order valence-corrected chi connectivity index (χ2v) is 6.77. The van der Waals surface area contributed by atoms with Gasteiger partial charge >= 0.3 is 0 Å². The van der Waals surface area contributed by atoms with Crippen molar-refractivity contribution in [1.82, 2.24) is 15.3 Å². The van der Waals surface area contributed by atoms with E-state index in [0.717, 1.165) is 35.1 Å². The molecule has 0 saturated carbocycles. The molecule has 2 heterocycles. The molecule has 2 atom stereocenters. The second kappa shape index (κ2) is 6.43. The molecule has 3 aromatic rings. The van der Waals surface area contributed by atoms with Crippen LogP contribution in [0.15, 0.2) is 42.5 Å². The van der Waals surface area contributed by atoms with Gasteiger partial charge in [-0.05, 0) is 56.1 Å². The Balaban J connectivity index is 1.90. The number of benzene rings is 2. The van der Waals surface area contributed by atoms with E-state index in [4.69, 9.17) is 15.7 Å². The number of nitrogens with two attached hydrogens (primary N) is 1. The predicted octanol–water partition coefficient (Wildman–Crippen LogP) is 2.92. The minimum absolute atomic E-state index is 0.159. The normalized spacial score (nSPS) is 20.2. The molecule has 25 heavy (non-hydrogen) atoms. The van der Waals surface area contributed by atoms with E-state index in [1.165, 1.54) is 0 Å². The molecule has 0 amide bonds. The average Bonchev–Trinajstić information content (AvgIpc) is 3.10. The predicted molar refractivity (Wildman–Crippen MR) is 99.3 cm³/mol. The highest BCUT2D eigenvalue weighted by atomic mass is 16.3. The summed E-state index contributed by atoms with van der Waals surface area (Å²) in [6.07, 6.45) is 0.969. The van der Waals surface area contributed by atoms with Gasteiger partial charge in [0.05, 0.1) is 22.8 Å². The third kappa shape index (κ3) is 2.97. The van der Waals surface area contributed by atoms with E-state index in [9.17, 15) is 5.11 Å². The van der Waals surface area contributed by atoms with Crippen LogP contribution in [0, 0.1) is 12.8 Å².